The first-order chi connectivity index (χ1) is 32.9. The number of furan rings is 1. The van der Waals surface area contributed by atoms with Crippen molar-refractivity contribution >= 4 is 65.3 Å². The largest absolute Gasteiger partial charge is 0.456 e. The van der Waals surface area contributed by atoms with Gasteiger partial charge in [0.05, 0.1) is 34.3 Å². The molecular formula is C47H28N4O. The summed E-state index contributed by atoms with van der Waals surface area (Å²) in [5.74, 6) is 0.0364. The van der Waals surface area contributed by atoms with E-state index in [2.05, 4.69) is 15.0 Å². The number of hydrogen-bond donors (Lipinski definition) is 0. The molecule has 0 N–H and O–H groups in total. The van der Waals surface area contributed by atoms with E-state index in [4.69, 9.17) is 19.5 Å². The molecule has 0 fully saturated rings. The molecule has 5 heteroatoms. The van der Waals surface area contributed by atoms with Crippen molar-refractivity contribution < 1.29 is 27.7 Å². The number of benzene rings is 8. The highest BCUT2D eigenvalue weighted by molar-refractivity contribution is 6.21. The summed E-state index contributed by atoms with van der Waals surface area (Å²) in [4.78, 5) is 13.4. The third-order valence-corrected chi connectivity index (χ3v) is 8.99. The fraction of sp³-hybridized carbons (Fsp3) is 0. The molecule has 0 atom stereocenters. The molecule has 11 aromatic rings. The summed E-state index contributed by atoms with van der Waals surface area (Å²) in [6, 6.07) is 7.44. The first kappa shape index (κ1) is 16.7. The van der Waals surface area contributed by atoms with Gasteiger partial charge in [-0.15, -0.1) is 0 Å². The minimum absolute atomic E-state index is 0.136. The predicted octanol–water partition coefficient (Wildman–Crippen LogP) is 12.2. The van der Waals surface area contributed by atoms with E-state index < -0.39 is 125 Å². The van der Waals surface area contributed by atoms with Gasteiger partial charge in [-0.25, -0.2) is 15.0 Å². The Morgan fingerprint density at radius 3 is 2.15 bits per heavy atom. The van der Waals surface area contributed by atoms with Gasteiger partial charge in [0.1, 0.15) is 17.5 Å². The second kappa shape index (κ2) is 11.2. The monoisotopic (exact) mass is 681 g/mol. The number of nitrogens with zero attached hydrogens (tertiary/aromatic N) is 4. The van der Waals surface area contributed by atoms with E-state index in [1.165, 1.54) is 6.33 Å². The lowest BCUT2D eigenvalue weighted by Crippen LogP contribution is -1.96. The predicted molar refractivity (Wildman–Crippen MR) is 213 cm³/mol. The van der Waals surface area contributed by atoms with Crippen molar-refractivity contribution in [3.63, 3.8) is 0 Å². The molecular weight excluding hydrogens is 637 g/mol. The van der Waals surface area contributed by atoms with Gasteiger partial charge in [0.25, 0.3) is 0 Å². The van der Waals surface area contributed by atoms with Crippen molar-refractivity contribution in [2.45, 2.75) is 0 Å². The zero-order valence-electron chi connectivity index (χ0n) is 43.5. The average molecular weight is 682 g/mol. The highest BCUT2D eigenvalue weighted by Gasteiger charge is 2.19. The van der Waals surface area contributed by atoms with Gasteiger partial charge >= 0.3 is 0 Å². The van der Waals surface area contributed by atoms with E-state index in [9.17, 15) is 8.22 Å². The molecule has 0 saturated heterocycles. The molecule has 3 aromatic heterocycles. The Bertz CT molecular complexity index is 4160. The first-order valence-corrected chi connectivity index (χ1v) is 16.0. The van der Waals surface area contributed by atoms with Crippen LogP contribution < -0.4 is 0 Å². The van der Waals surface area contributed by atoms with Crippen LogP contribution >= 0.6 is 0 Å². The molecule has 0 aliphatic carbocycles. The van der Waals surface area contributed by atoms with Crippen LogP contribution in [0.1, 0.15) is 23.3 Å². The molecule has 0 saturated carbocycles. The van der Waals surface area contributed by atoms with Crippen molar-refractivity contribution in [2.75, 3.05) is 0 Å². The Balaban J connectivity index is 1.27. The molecule has 0 radical (unpaired) electrons. The molecule has 0 spiro atoms. The maximum absolute atomic E-state index is 9.83. The van der Waals surface area contributed by atoms with E-state index >= 15 is 0 Å². The highest BCUT2D eigenvalue weighted by atomic mass is 16.3. The molecule has 52 heavy (non-hydrogen) atoms. The first-order valence-electron chi connectivity index (χ1n) is 24.5. The van der Waals surface area contributed by atoms with Crippen LogP contribution in [0.25, 0.3) is 105 Å². The lowest BCUT2D eigenvalue weighted by molar-refractivity contribution is 0.668. The molecule has 242 valence electrons. The number of fused-ring (bicyclic) bond motifs is 9. The normalized spacial score (nSPS) is 16.4. The van der Waals surface area contributed by atoms with Crippen molar-refractivity contribution in [1.29, 1.82) is 0 Å². The van der Waals surface area contributed by atoms with Crippen LogP contribution in [0.2, 0.25) is 0 Å². The van der Waals surface area contributed by atoms with E-state index in [1.54, 1.807) is 12.1 Å². The van der Waals surface area contributed by atoms with E-state index in [0.717, 1.165) is 21.8 Å². The topological polar surface area (TPSA) is 56.7 Å². The maximum Gasteiger partial charge on any atom is 0.164 e. The number of rotatable bonds is 4. The van der Waals surface area contributed by atoms with Crippen LogP contribution in [0.3, 0.4) is 0 Å². The third-order valence-electron chi connectivity index (χ3n) is 8.99. The Morgan fingerprint density at radius 2 is 1.27 bits per heavy atom. The molecule has 0 bridgehead atoms. The van der Waals surface area contributed by atoms with Gasteiger partial charge in [-0.05, 0) is 57.5 Å². The molecule has 11 rings (SSSR count). The zero-order chi connectivity index (χ0) is 49.0. The third kappa shape index (κ3) is 4.39. The quantitative estimate of drug-likeness (QED) is 0.185. The van der Waals surface area contributed by atoms with Crippen LogP contribution in [-0.2, 0) is 0 Å². The smallest absolute Gasteiger partial charge is 0.164 e. The summed E-state index contributed by atoms with van der Waals surface area (Å²) in [7, 11) is 0. The Kier molecular flexibility index (Phi) is 3.60. The zero-order valence-corrected chi connectivity index (χ0v) is 26.5. The second-order valence-corrected chi connectivity index (χ2v) is 11.9. The van der Waals surface area contributed by atoms with E-state index in [-0.39, 0.29) is 66.1 Å². The summed E-state index contributed by atoms with van der Waals surface area (Å²) >= 11 is 0. The van der Waals surface area contributed by atoms with E-state index in [1.807, 2.05) is 42.5 Å². The van der Waals surface area contributed by atoms with Crippen molar-refractivity contribution in [3.05, 3.63) is 170 Å². The lowest BCUT2D eigenvalue weighted by Gasteiger charge is -2.10. The summed E-state index contributed by atoms with van der Waals surface area (Å²) in [6.45, 7) is 0. The molecule has 8 aromatic carbocycles. The van der Waals surface area contributed by atoms with Crippen LogP contribution in [0, 0.1) is 0 Å². The van der Waals surface area contributed by atoms with Gasteiger partial charge in [-0.1, -0.05) is 127 Å². The summed E-state index contributed by atoms with van der Waals surface area (Å²) in [6.07, 6.45) is 1.20. The van der Waals surface area contributed by atoms with Crippen LogP contribution in [0.4, 0.5) is 0 Å². The van der Waals surface area contributed by atoms with Gasteiger partial charge in [0.15, 0.2) is 11.6 Å². The SMILES string of the molecule is [2H]c1cc2c(c([2H])c1[2H])c([2H])c([2H])c1c3c([2H])c4c([2H])c([2H])c([2H])c([2H])c4c([2H])c3n(-c3c([2H])c([2H])c4c(oc5c([2H])c([2H])c([2H])c(-c6ncnc(-c7ccc(-c8ccccc8)cc7)n6)c54)c3[2H])c21. The Hall–Kier alpha value is -7.11. The minimum atomic E-state index is -0.743. The molecule has 3 heterocycles. The van der Waals surface area contributed by atoms with Gasteiger partial charge in [0, 0.05) is 49.8 Å². The van der Waals surface area contributed by atoms with Crippen LogP contribution in [0.5, 0.6) is 0 Å². The van der Waals surface area contributed by atoms with Gasteiger partial charge in [0.2, 0.25) is 0 Å². The maximum atomic E-state index is 9.83. The van der Waals surface area contributed by atoms with Gasteiger partial charge < -0.3 is 8.98 Å². The Morgan fingerprint density at radius 1 is 0.519 bits per heavy atom. The van der Waals surface area contributed by atoms with Crippen molar-refractivity contribution in [2.24, 2.45) is 0 Å². The van der Waals surface area contributed by atoms with Crippen molar-refractivity contribution in [1.82, 2.24) is 19.5 Å². The van der Waals surface area contributed by atoms with Gasteiger partial charge in [-0.3, -0.25) is 0 Å². The molecule has 0 aliphatic heterocycles. The van der Waals surface area contributed by atoms with Crippen LogP contribution in [0.15, 0.2) is 174 Å². The summed E-state index contributed by atoms with van der Waals surface area (Å²) in [5.41, 5.74) is 0.386. The standard InChI is InChI=1S/C47H28N4O/c1-2-9-29(10-3-1)30-17-19-32(20-18-30)46-48-28-49-47(50-46)39-15-8-16-42-44(39)38-24-22-35(27-43(38)52-42)51-41-26-34-13-5-4-12-33(34)25-40(41)37-23-21-31-11-6-7-14-36(31)45(37)51/h1-28H/i4D,5D,6D,7D,8D,11D,12D,13D,15D,16D,21D,22D,23D,24D,25D,26D,27D. The fourth-order valence-corrected chi connectivity index (χ4v) is 6.63. The highest BCUT2D eigenvalue weighted by Crippen LogP contribution is 2.41. The van der Waals surface area contributed by atoms with E-state index in [0.29, 0.717) is 5.56 Å². The van der Waals surface area contributed by atoms with Crippen molar-refractivity contribution in [3.8, 4) is 39.6 Å². The average Bonchev–Trinajstić information content (AvgIpc) is 3.92. The minimum Gasteiger partial charge on any atom is -0.456 e. The molecule has 5 nitrogen and oxygen atoms in total. The number of hydrogen-bond acceptors (Lipinski definition) is 4. The molecule has 0 unspecified atom stereocenters. The summed E-state index contributed by atoms with van der Waals surface area (Å²) in [5, 5.41) is -2.20. The lowest BCUT2D eigenvalue weighted by atomic mass is 10.0. The van der Waals surface area contributed by atoms with Gasteiger partial charge in [-0.2, -0.15) is 0 Å². The summed E-state index contributed by atoms with van der Waals surface area (Å²) < 4.78 is 161. The molecule has 0 amide bonds. The fourth-order valence-electron chi connectivity index (χ4n) is 6.63. The van der Waals surface area contributed by atoms with Crippen LogP contribution in [-0.4, -0.2) is 19.5 Å². The number of aromatic nitrogens is 4. The Labute approximate surface area is 322 Å². The second-order valence-electron chi connectivity index (χ2n) is 11.9. The molecule has 0 aliphatic rings.